The van der Waals surface area contributed by atoms with Crippen LogP contribution in [-0.2, 0) is 0 Å². The zero-order chi connectivity index (χ0) is 19.7. The van der Waals surface area contributed by atoms with Crippen molar-refractivity contribution in [2.75, 3.05) is 23.3 Å². The van der Waals surface area contributed by atoms with Crippen molar-refractivity contribution in [2.24, 2.45) is 0 Å². The third-order valence-electron chi connectivity index (χ3n) is 4.80. The summed E-state index contributed by atoms with van der Waals surface area (Å²) in [5.41, 5.74) is 1.83. The highest BCUT2D eigenvalue weighted by molar-refractivity contribution is 5.63. The molecule has 6 nitrogen and oxygen atoms in total. The van der Waals surface area contributed by atoms with Gasteiger partial charge < -0.3 is 10.2 Å². The molecule has 1 aliphatic heterocycles. The molecule has 1 saturated heterocycles. The number of aromatic nitrogens is 4. The van der Waals surface area contributed by atoms with Crippen LogP contribution in [-0.4, -0.2) is 32.8 Å². The number of nitrogens with zero attached hydrogens (tertiary/aromatic N) is 5. The van der Waals surface area contributed by atoms with E-state index in [9.17, 15) is 8.78 Å². The maximum absolute atomic E-state index is 14.5. The summed E-state index contributed by atoms with van der Waals surface area (Å²) in [6, 6.07) is 5.10. The van der Waals surface area contributed by atoms with Crippen molar-refractivity contribution in [2.45, 2.75) is 32.7 Å². The van der Waals surface area contributed by atoms with Crippen LogP contribution in [0.25, 0.3) is 11.3 Å². The van der Waals surface area contributed by atoms with Crippen LogP contribution >= 0.6 is 0 Å². The number of halogens is 2. The lowest BCUT2D eigenvalue weighted by atomic mass is 10.2. The second-order valence-electron chi connectivity index (χ2n) is 7.18. The Kier molecular flexibility index (Phi) is 4.93. The fourth-order valence-electron chi connectivity index (χ4n) is 3.30. The van der Waals surface area contributed by atoms with E-state index in [2.05, 4.69) is 20.4 Å². The molecule has 3 heterocycles. The van der Waals surface area contributed by atoms with Gasteiger partial charge in [-0.2, -0.15) is 5.10 Å². The molecule has 3 aromatic rings. The largest absolute Gasteiger partial charge is 0.369 e. The van der Waals surface area contributed by atoms with Crippen LogP contribution in [0.1, 0.15) is 32.7 Å². The molecule has 0 amide bonds. The van der Waals surface area contributed by atoms with Crippen LogP contribution in [0.5, 0.6) is 0 Å². The van der Waals surface area contributed by atoms with Crippen LogP contribution in [0.3, 0.4) is 0 Å². The topological polar surface area (TPSA) is 58.9 Å². The predicted molar refractivity (Wildman–Crippen MR) is 105 cm³/mol. The van der Waals surface area contributed by atoms with Gasteiger partial charge in [-0.15, -0.1) is 0 Å². The van der Waals surface area contributed by atoms with Crippen molar-refractivity contribution in [3.05, 3.63) is 48.4 Å². The molecule has 0 bridgehead atoms. The number of hydrogen-bond acceptors (Lipinski definition) is 5. The van der Waals surface area contributed by atoms with E-state index in [0.717, 1.165) is 32.1 Å². The molecule has 2 aromatic heterocycles. The van der Waals surface area contributed by atoms with Crippen LogP contribution in [0.15, 0.2) is 36.8 Å². The Hall–Kier alpha value is -3.03. The second kappa shape index (κ2) is 7.53. The van der Waals surface area contributed by atoms with E-state index in [1.807, 2.05) is 18.7 Å². The van der Waals surface area contributed by atoms with Gasteiger partial charge in [0.1, 0.15) is 11.5 Å². The van der Waals surface area contributed by atoms with Crippen molar-refractivity contribution in [1.29, 1.82) is 0 Å². The molecule has 1 aliphatic rings. The van der Waals surface area contributed by atoms with E-state index in [1.165, 1.54) is 6.07 Å². The molecule has 4 rings (SSSR count). The van der Waals surface area contributed by atoms with E-state index >= 15 is 0 Å². The molecule has 1 fully saturated rings. The molecule has 0 radical (unpaired) electrons. The lowest BCUT2D eigenvalue weighted by Gasteiger charge is -2.18. The maximum atomic E-state index is 14.5. The van der Waals surface area contributed by atoms with Gasteiger partial charge in [0.2, 0.25) is 5.95 Å². The molecule has 0 aliphatic carbocycles. The van der Waals surface area contributed by atoms with Gasteiger partial charge in [-0.3, -0.25) is 4.68 Å². The lowest BCUT2D eigenvalue weighted by molar-refractivity contribution is 0.532. The first-order valence-electron chi connectivity index (χ1n) is 9.40. The number of anilines is 3. The molecule has 0 atom stereocenters. The van der Waals surface area contributed by atoms with Crippen molar-refractivity contribution < 1.29 is 8.78 Å². The average molecular weight is 384 g/mol. The highest BCUT2D eigenvalue weighted by atomic mass is 19.1. The minimum Gasteiger partial charge on any atom is -0.369 e. The summed E-state index contributed by atoms with van der Waals surface area (Å²) in [6.07, 6.45) is 6.58. The Labute approximate surface area is 162 Å². The second-order valence-corrected chi connectivity index (χ2v) is 7.18. The molecule has 0 saturated carbocycles. The Balaban J connectivity index is 1.57. The summed E-state index contributed by atoms with van der Waals surface area (Å²) in [5, 5.41) is 7.18. The van der Waals surface area contributed by atoms with Crippen LogP contribution < -0.4 is 10.2 Å². The number of hydrogen-bond donors (Lipinski definition) is 1. The molecule has 28 heavy (non-hydrogen) atoms. The highest BCUT2D eigenvalue weighted by Gasteiger charge is 2.17. The Morgan fingerprint density at radius 3 is 2.54 bits per heavy atom. The molecule has 0 spiro atoms. The van der Waals surface area contributed by atoms with Gasteiger partial charge in [0, 0.05) is 36.6 Å². The van der Waals surface area contributed by atoms with Crippen LogP contribution in [0.2, 0.25) is 0 Å². The van der Waals surface area contributed by atoms with Gasteiger partial charge >= 0.3 is 0 Å². The number of benzene rings is 1. The van der Waals surface area contributed by atoms with E-state index < -0.39 is 5.82 Å². The molecule has 1 aromatic carbocycles. The van der Waals surface area contributed by atoms with Crippen molar-refractivity contribution >= 4 is 17.3 Å². The molecular formula is C20H22F2N6. The third kappa shape index (κ3) is 3.67. The predicted octanol–water partition coefficient (Wildman–Crippen LogP) is 4.54. The van der Waals surface area contributed by atoms with E-state index in [0.29, 0.717) is 16.9 Å². The van der Waals surface area contributed by atoms with Gasteiger partial charge in [-0.05, 0) is 44.9 Å². The first kappa shape index (κ1) is 18.3. The maximum Gasteiger partial charge on any atom is 0.227 e. The number of nitrogens with one attached hydrogen (secondary N) is 1. The van der Waals surface area contributed by atoms with Gasteiger partial charge in [-0.1, -0.05) is 0 Å². The molecule has 1 N–H and O–H groups in total. The van der Waals surface area contributed by atoms with Crippen molar-refractivity contribution in [1.82, 2.24) is 19.7 Å². The van der Waals surface area contributed by atoms with Crippen molar-refractivity contribution in [3.8, 4) is 11.3 Å². The Morgan fingerprint density at radius 2 is 1.86 bits per heavy atom. The highest BCUT2D eigenvalue weighted by Crippen LogP contribution is 2.28. The minimum atomic E-state index is -0.538. The van der Waals surface area contributed by atoms with Gasteiger partial charge in [-0.25, -0.2) is 18.7 Å². The molecular weight excluding hydrogens is 362 g/mol. The SMILES string of the molecule is CC(C)n1cc(-c2nc(Nc3ccc(N4CCCC4)c(F)c3)ncc2F)cn1. The van der Waals surface area contributed by atoms with Gasteiger partial charge in [0.15, 0.2) is 5.82 Å². The quantitative estimate of drug-likeness (QED) is 0.700. The smallest absolute Gasteiger partial charge is 0.227 e. The normalized spacial score (nSPS) is 14.1. The zero-order valence-electron chi connectivity index (χ0n) is 15.9. The summed E-state index contributed by atoms with van der Waals surface area (Å²) in [6.45, 7) is 5.72. The molecule has 146 valence electrons. The van der Waals surface area contributed by atoms with E-state index in [4.69, 9.17) is 0 Å². The Morgan fingerprint density at radius 1 is 1.07 bits per heavy atom. The molecule has 8 heteroatoms. The first-order valence-corrected chi connectivity index (χ1v) is 9.40. The molecule has 0 unspecified atom stereocenters. The summed E-state index contributed by atoms with van der Waals surface area (Å²) in [7, 11) is 0. The van der Waals surface area contributed by atoms with E-state index in [1.54, 1.807) is 29.2 Å². The fraction of sp³-hybridized carbons (Fsp3) is 0.350. The summed E-state index contributed by atoms with van der Waals surface area (Å²) in [5.74, 6) is -0.640. The Bertz CT molecular complexity index is 979. The number of rotatable bonds is 5. The van der Waals surface area contributed by atoms with Gasteiger partial charge in [0.05, 0.1) is 18.1 Å². The van der Waals surface area contributed by atoms with Crippen LogP contribution in [0.4, 0.5) is 26.1 Å². The zero-order valence-corrected chi connectivity index (χ0v) is 15.9. The fourth-order valence-corrected chi connectivity index (χ4v) is 3.30. The first-order chi connectivity index (χ1) is 13.5. The summed E-state index contributed by atoms with van der Waals surface area (Å²) in [4.78, 5) is 10.3. The monoisotopic (exact) mass is 384 g/mol. The third-order valence-corrected chi connectivity index (χ3v) is 4.80. The summed E-state index contributed by atoms with van der Waals surface area (Å²) < 4.78 is 30.5. The average Bonchev–Trinajstić information content (AvgIpc) is 3.35. The lowest BCUT2D eigenvalue weighted by Crippen LogP contribution is -2.18. The summed E-state index contributed by atoms with van der Waals surface area (Å²) >= 11 is 0. The van der Waals surface area contributed by atoms with Gasteiger partial charge in [0.25, 0.3) is 0 Å². The minimum absolute atomic E-state index is 0.151. The van der Waals surface area contributed by atoms with Crippen LogP contribution in [0, 0.1) is 11.6 Å². The van der Waals surface area contributed by atoms with E-state index in [-0.39, 0.29) is 23.5 Å². The standard InChI is InChI=1S/C20H22F2N6/c1-13(2)28-12-14(10-24-28)19-17(22)11-23-20(26-19)25-15-5-6-18(16(21)9-15)27-7-3-4-8-27/h5-6,9-13H,3-4,7-8H2,1-2H3,(H,23,25,26). The van der Waals surface area contributed by atoms with Crippen molar-refractivity contribution in [3.63, 3.8) is 0 Å².